The van der Waals surface area contributed by atoms with Gasteiger partial charge in [-0.3, -0.25) is 4.79 Å². The van der Waals surface area contributed by atoms with Gasteiger partial charge in [-0.2, -0.15) is 5.26 Å². The van der Waals surface area contributed by atoms with Crippen molar-refractivity contribution >= 4 is 17.4 Å². The maximum atomic E-state index is 12.2. The van der Waals surface area contributed by atoms with Crippen molar-refractivity contribution in [1.29, 1.82) is 5.26 Å². The molecule has 0 bridgehead atoms. The standard InChI is InChI=1S/C18H19N5O/c1-13-9-15(12-21-17(13)23-7-3-2-4-8-23)22-18(24)16-6-5-14(10-19)11-20-16/h5-6,9,11-12H,2-4,7-8H2,1H3,(H,22,24). The number of carbonyl (C=O) groups excluding carboxylic acids is 1. The van der Waals surface area contributed by atoms with E-state index in [-0.39, 0.29) is 11.6 Å². The number of nitriles is 1. The van der Waals surface area contributed by atoms with Gasteiger partial charge in [0.25, 0.3) is 5.91 Å². The van der Waals surface area contributed by atoms with Crippen LogP contribution in [0.1, 0.15) is 40.9 Å². The summed E-state index contributed by atoms with van der Waals surface area (Å²) < 4.78 is 0. The highest BCUT2D eigenvalue weighted by molar-refractivity contribution is 6.02. The van der Waals surface area contributed by atoms with Crippen LogP contribution in [0.5, 0.6) is 0 Å². The van der Waals surface area contributed by atoms with Crippen LogP contribution in [-0.4, -0.2) is 29.0 Å². The lowest BCUT2D eigenvalue weighted by atomic mass is 10.1. The van der Waals surface area contributed by atoms with Gasteiger partial charge in [0, 0.05) is 19.3 Å². The van der Waals surface area contributed by atoms with E-state index in [1.165, 1.54) is 31.5 Å². The highest BCUT2D eigenvalue weighted by Gasteiger charge is 2.15. The molecule has 24 heavy (non-hydrogen) atoms. The third-order valence-corrected chi connectivity index (χ3v) is 4.09. The van der Waals surface area contributed by atoms with E-state index in [0.717, 1.165) is 24.5 Å². The third kappa shape index (κ3) is 3.51. The number of hydrogen-bond donors (Lipinski definition) is 1. The summed E-state index contributed by atoms with van der Waals surface area (Å²) in [5.41, 5.74) is 2.38. The first-order valence-electron chi connectivity index (χ1n) is 8.06. The Labute approximate surface area is 141 Å². The number of nitrogens with one attached hydrogen (secondary N) is 1. The van der Waals surface area contributed by atoms with Crippen LogP contribution in [0.15, 0.2) is 30.6 Å². The van der Waals surface area contributed by atoms with Crippen molar-refractivity contribution in [2.75, 3.05) is 23.3 Å². The molecule has 3 heterocycles. The number of nitrogens with zero attached hydrogens (tertiary/aromatic N) is 4. The van der Waals surface area contributed by atoms with Crippen molar-refractivity contribution in [1.82, 2.24) is 9.97 Å². The molecular formula is C18H19N5O. The fourth-order valence-corrected chi connectivity index (χ4v) is 2.86. The maximum absolute atomic E-state index is 12.2. The number of anilines is 2. The number of hydrogen-bond acceptors (Lipinski definition) is 5. The maximum Gasteiger partial charge on any atom is 0.274 e. The van der Waals surface area contributed by atoms with Gasteiger partial charge in [-0.15, -0.1) is 0 Å². The third-order valence-electron chi connectivity index (χ3n) is 4.09. The zero-order chi connectivity index (χ0) is 16.9. The molecule has 1 aliphatic heterocycles. The molecule has 1 N–H and O–H groups in total. The van der Waals surface area contributed by atoms with E-state index in [9.17, 15) is 4.79 Å². The van der Waals surface area contributed by atoms with E-state index in [1.54, 1.807) is 12.3 Å². The van der Waals surface area contributed by atoms with Crippen molar-refractivity contribution in [3.05, 3.63) is 47.4 Å². The van der Waals surface area contributed by atoms with Gasteiger partial charge in [0.05, 0.1) is 17.4 Å². The predicted molar refractivity (Wildman–Crippen MR) is 91.9 cm³/mol. The normalized spacial score (nSPS) is 14.1. The number of piperidine rings is 1. The average Bonchev–Trinajstić information content (AvgIpc) is 2.62. The SMILES string of the molecule is Cc1cc(NC(=O)c2ccc(C#N)cn2)cnc1N1CCCCC1. The summed E-state index contributed by atoms with van der Waals surface area (Å²) in [6.45, 7) is 4.08. The summed E-state index contributed by atoms with van der Waals surface area (Å²) in [4.78, 5) is 23.0. The second kappa shape index (κ2) is 7.09. The minimum atomic E-state index is -0.314. The Morgan fingerprint density at radius 1 is 1.21 bits per heavy atom. The zero-order valence-corrected chi connectivity index (χ0v) is 13.6. The number of aryl methyl sites for hydroxylation is 1. The second-order valence-electron chi connectivity index (χ2n) is 5.91. The topological polar surface area (TPSA) is 81.9 Å². The summed E-state index contributed by atoms with van der Waals surface area (Å²) in [7, 11) is 0. The molecule has 1 aliphatic rings. The van der Waals surface area contributed by atoms with Crippen molar-refractivity contribution in [2.45, 2.75) is 26.2 Å². The lowest BCUT2D eigenvalue weighted by molar-refractivity contribution is 0.102. The number of pyridine rings is 2. The van der Waals surface area contributed by atoms with E-state index >= 15 is 0 Å². The highest BCUT2D eigenvalue weighted by atomic mass is 16.1. The summed E-state index contributed by atoms with van der Waals surface area (Å²) in [6, 6.07) is 7.02. The first kappa shape index (κ1) is 15.9. The van der Waals surface area contributed by atoms with E-state index in [4.69, 9.17) is 5.26 Å². The minimum Gasteiger partial charge on any atom is -0.356 e. The van der Waals surface area contributed by atoms with Crippen molar-refractivity contribution in [3.63, 3.8) is 0 Å². The number of rotatable bonds is 3. The molecule has 2 aromatic heterocycles. The predicted octanol–water partition coefficient (Wildman–Crippen LogP) is 2.90. The minimum absolute atomic E-state index is 0.270. The Balaban J connectivity index is 1.71. The van der Waals surface area contributed by atoms with Crippen LogP contribution in [0, 0.1) is 18.3 Å². The number of amides is 1. The molecule has 1 saturated heterocycles. The lowest BCUT2D eigenvalue weighted by Crippen LogP contribution is -2.30. The van der Waals surface area contributed by atoms with Crippen LogP contribution in [0.25, 0.3) is 0 Å². The van der Waals surface area contributed by atoms with Crippen LogP contribution in [0.4, 0.5) is 11.5 Å². The Bertz CT molecular complexity index is 773. The van der Waals surface area contributed by atoms with Crippen LogP contribution >= 0.6 is 0 Å². The quantitative estimate of drug-likeness (QED) is 0.940. The van der Waals surface area contributed by atoms with Gasteiger partial charge >= 0.3 is 0 Å². The molecule has 1 amide bonds. The molecule has 0 aromatic carbocycles. The Morgan fingerprint density at radius 2 is 2.00 bits per heavy atom. The summed E-state index contributed by atoms with van der Waals surface area (Å²) in [6.07, 6.45) is 6.74. The summed E-state index contributed by atoms with van der Waals surface area (Å²) >= 11 is 0. The first-order valence-corrected chi connectivity index (χ1v) is 8.06. The average molecular weight is 321 g/mol. The molecule has 0 aliphatic carbocycles. The van der Waals surface area contributed by atoms with Gasteiger partial charge in [-0.05, 0) is 49.9 Å². The molecule has 0 saturated carbocycles. The Kier molecular flexibility index (Phi) is 4.71. The van der Waals surface area contributed by atoms with Crippen LogP contribution in [-0.2, 0) is 0 Å². The monoisotopic (exact) mass is 321 g/mol. The smallest absolute Gasteiger partial charge is 0.274 e. The lowest BCUT2D eigenvalue weighted by Gasteiger charge is -2.29. The molecule has 0 radical (unpaired) electrons. The van der Waals surface area contributed by atoms with Crippen molar-refractivity contribution in [2.24, 2.45) is 0 Å². The zero-order valence-electron chi connectivity index (χ0n) is 13.6. The van der Waals surface area contributed by atoms with Crippen LogP contribution < -0.4 is 10.2 Å². The number of carbonyl (C=O) groups is 1. The van der Waals surface area contributed by atoms with Gasteiger partial charge in [0.2, 0.25) is 0 Å². The number of aromatic nitrogens is 2. The van der Waals surface area contributed by atoms with E-state index < -0.39 is 0 Å². The van der Waals surface area contributed by atoms with Crippen LogP contribution in [0.2, 0.25) is 0 Å². The van der Waals surface area contributed by atoms with Crippen molar-refractivity contribution in [3.8, 4) is 6.07 Å². The largest absolute Gasteiger partial charge is 0.356 e. The molecule has 3 rings (SSSR count). The second-order valence-corrected chi connectivity index (χ2v) is 5.91. The first-order chi connectivity index (χ1) is 11.7. The van der Waals surface area contributed by atoms with Crippen molar-refractivity contribution < 1.29 is 4.79 Å². The molecule has 0 spiro atoms. The molecule has 0 atom stereocenters. The van der Waals surface area contributed by atoms with Crippen LogP contribution in [0.3, 0.4) is 0 Å². The molecular weight excluding hydrogens is 302 g/mol. The molecule has 0 unspecified atom stereocenters. The van der Waals surface area contributed by atoms with Gasteiger partial charge in [-0.1, -0.05) is 0 Å². The van der Waals surface area contributed by atoms with E-state index in [0.29, 0.717) is 11.3 Å². The molecule has 1 fully saturated rings. The molecule has 2 aromatic rings. The fraction of sp³-hybridized carbons (Fsp3) is 0.333. The summed E-state index contributed by atoms with van der Waals surface area (Å²) in [5.74, 6) is 0.676. The molecule has 6 heteroatoms. The van der Waals surface area contributed by atoms with Gasteiger partial charge in [0.15, 0.2) is 0 Å². The fourth-order valence-electron chi connectivity index (χ4n) is 2.86. The molecule has 122 valence electrons. The van der Waals surface area contributed by atoms with E-state index in [1.807, 2.05) is 19.1 Å². The summed E-state index contributed by atoms with van der Waals surface area (Å²) in [5, 5.41) is 11.6. The van der Waals surface area contributed by atoms with Gasteiger partial charge in [-0.25, -0.2) is 9.97 Å². The van der Waals surface area contributed by atoms with Gasteiger partial charge in [0.1, 0.15) is 17.6 Å². The Hall–Kier alpha value is -2.94. The molecule has 6 nitrogen and oxygen atoms in total. The van der Waals surface area contributed by atoms with E-state index in [2.05, 4.69) is 20.2 Å². The Morgan fingerprint density at radius 3 is 2.62 bits per heavy atom. The van der Waals surface area contributed by atoms with Gasteiger partial charge < -0.3 is 10.2 Å². The highest BCUT2D eigenvalue weighted by Crippen LogP contribution is 2.23.